The number of ether oxygens (including phenoxy) is 1. The molecule has 14 heteroatoms. The molecule has 25 heavy (non-hydrogen) atoms. The third-order valence-corrected chi connectivity index (χ3v) is 7.89. The number of anilines is 1. The van der Waals surface area contributed by atoms with Crippen LogP contribution < -0.4 is 34.4 Å². The van der Waals surface area contributed by atoms with E-state index in [-0.39, 0.29) is 34.9 Å². The molecule has 138 valence electrons. The first-order chi connectivity index (χ1) is 11.7. The monoisotopic (exact) mass is 584 g/mol. The van der Waals surface area contributed by atoms with E-state index in [0.717, 1.165) is 0 Å². The average molecular weight is 586 g/mol. The van der Waals surface area contributed by atoms with Gasteiger partial charge in [0.1, 0.15) is 0 Å². The summed E-state index contributed by atoms with van der Waals surface area (Å²) in [4.78, 5) is 7.64. The Kier molecular flexibility index (Phi) is 7.06. The second kappa shape index (κ2) is 8.47. The van der Waals surface area contributed by atoms with Crippen molar-refractivity contribution in [2.75, 3.05) is 11.8 Å². The number of aromatic nitrogens is 2. The maximum absolute atomic E-state index is 12.6. The van der Waals surface area contributed by atoms with Crippen molar-refractivity contribution in [1.29, 1.82) is 0 Å². The summed E-state index contributed by atoms with van der Waals surface area (Å²) in [6.45, 7) is 0. The van der Waals surface area contributed by atoms with Gasteiger partial charge < -0.3 is 0 Å². The van der Waals surface area contributed by atoms with E-state index >= 15 is 0 Å². The summed E-state index contributed by atoms with van der Waals surface area (Å²) >= 11 is 13.2. The fourth-order valence-corrected chi connectivity index (χ4v) is 5.23. The van der Waals surface area contributed by atoms with Crippen LogP contribution in [0.3, 0.4) is 0 Å². The molecule has 0 aliphatic heterocycles. The van der Waals surface area contributed by atoms with Crippen molar-refractivity contribution in [3.8, 4) is 5.88 Å². The van der Waals surface area contributed by atoms with E-state index in [1.807, 2.05) is 0 Å². The normalized spacial score (nSPS) is 11.8. The number of sulfonamides is 1. The summed E-state index contributed by atoms with van der Waals surface area (Å²) in [5.41, 5.74) is 0. The fourth-order valence-electron chi connectivity index (χ4n) is 1.60. The molecule has 0 spiro atoms. The summed E-state index contributed by atoms with van der Waals surface area (Å²) in [6.07, 6.45) is 0. The van der Waals surface area contributed by atoms with Crippen LogP contribution in [0.1, 0.15) is 0 Å². The Hall–Kier alpha value is -0.480. The molecule has 1 aromatic heterocycles. The van der Waals surface area contributed by atoms with Crippen molar-refractivity contribution >= 4 is 55.0 Å². The van der Waals surface area contributed by atoms with Gasteiger partial charge in [0.15, 0.2) is 0 Å². The quantitative estimate of drug-likeness (QED) is 0.237. The second-order valence-electron chi connectivity index (χ2n) is 4.15. The van der Waals surface area contributed by atoms with E-state index in [1.54, 1.807) is 0 Å². The van der Waals surface area contributed by atoms with Crippen LogP contribution in [0.4, 0.5) is 5.82 Å². The average Bonchev–Trinajstić information content (AvgIpc) is 2.52. The van der Waals surface area contributed by atoms with Crippen molar-refractivity contribution in [3.63, 3.8) is 0 Å². The van der Waals surface area contributed by atoms with Gasteiger partial charge in [0.25, 0.3) is 0 Å². The first kappa shape index (κ1) is 20.8. The first-order valence-electron chi connectivity index (χ1n) is 6.10. The number of nitrogens with zero attached hydrogens (tertiary/aromatic N) is 2. The number of benzene rings is 1. The van der Waals surface area contributed by atoms with E-state index in [0.29, 0.717) is 0 Å². The van der Waals surface area contributed by atoms with Gasteiger partial charge in [-0.25, -0.2) is 0 Å². The van der Waals surface area contributed by atoms with Crippen molar-refractivity contribution in [2.45, 2.75) is 4.90 Å². The third kappa shape index (κ3) is 5.03. The zero-order valence-electron chi connectivity index (χ0n) is 12.1. The maximum atomic E-state index is 12.6. The summed E-state index contributed by atoms with van der Waals surface area (Å²) < 4.78 is 31.2. The minimum atomic E-state index is -4.17. The third-order valence-electron chi connectivity index (χ3n) is 2.58. The van der Waals surface area contributed by atoms with Gasteiger partial charge in [0, 0.05) is 0 Å². The molecule has 0 saturated carbocycles. The van der Waals surface area contributed by atoms with Crippen LogP contribution in [0.25, 0.3) is 0 Å². The molecule has 2 N–H and O–H groups in total. The Morgan fingerprint density at radius 1 is 1.32 bits per heavy atom. The van der Waals surface area contributed by atoms with Crippen LogP contribution in [0.2, 0.25) is 10.0 Å². The molecule has 0 amide bonds. The fraction of sp³-hybridized carbons (Fsp3) is 0.0909. The van der Waals surface area contributed by atoms with Crippen LogP contribution in [-0.4, -0.2) is 25.5 Å². The van der Waals surface area contributed by atoms with E-state index in [2.05, 4.69) is 30.6 Å². The van der Waals surface area contributed by atoms with Crippen LogP contribution in [-0.2, 0) is 10.0 Å². The van der Waals surface area contributed by atoms with Gasteiger partial charge in [-0.1, -0.05) is 0 Å². The molecule has 2 rings (SSSR count). The van der Waals surface area contributed by atoms with E-state index in [4.69, 9.17) is 27.9 Å². The Morgan fingerprint density at radius 3 is 2.60 bits per heavy atom. The number of hydrogen-bond donors (Lipinski definition) is 2. The molecule has 2 aromatic rings. The Morgan fingerprint density at radius 2 is 2.00 bits per heavy atom. The molecule has 0 atom stereocenters. The van der Waals surface area contributed by atoms with Crippen LogP contribution in [0, 0.1) is 14.1 Å². The van der Waals surface area contributed by atoms with Gasteiger partial charge >= 0.3 is 173 Å². The Balaban J connectivity index is 2.49. The zero-order valence-corrected chi connectivity index (χ0v) is 18.2. The molecular weight excluding hydrogens is 578 g/mol. The summed E-state index contributed by atoms with van der Waals surface area (Å²) in [6, 6.07) is 4.11. The molecule has 9 nitrogen and oxygen atoms in total. The van der Waals surface area contributed by atoms with E-state index in [1.165, 1.54) is 25.3 Å². The molecular formula is C11H8BrCl2IN4O5S-2. The molecule has 0 radical (unpaired) electrons. The summed E-state index contributed by atoms with van der Waals surface area (Å²) in [7, 11) is -2.91. The summed E-state index contributed by atoms with van der Waals surface area (Å²) in [5.74, 6) is -0.433. The molecule has 1 heterocycles. The van der Waals surface area contributed by atoms with Gasteiger partial charge in [-0.3, -0.25) is 0 Å². The van der Waals surface area contributed by atoms with E-state index < -0.39 is 34.9 Å². The van der Waals surface area contributed by atoms with Gasteiger partial charge in [-0.15, -0.1) is 0 Å². The van der Waals surface area contributed by atoms with Gasteiger partial charge in [0.05, 0.1) is 0 Å². The number of hydrogen-bond acceptors (Lipinski definition) is 7. The van der Waals surface area contributed by atoms with Crippen molar-refractivity contribution in [2.24, 2.45) is 0 Å². The number of methoxy groups -OCH3 is 1. The zero-order chi connectivity index (χ0) is 18.8. The second-order valence-corrected chi connectivity index (χ2v) is 9.78. The topological polar surface area (TPSA) is 132 Å². The molecule has 0 unspecified atom stereocenters. The van der Waals surface area contributed by atoms with Crippen molar-refractivity contribution in [3.05, 3.63) is 47.0 Å². The molecule has 1 aromatic carbocycles. The van der Waals surface area contributed by atoms with Crippen LogP contribution in [0.5, 0.6) is 5.88 Å². The van der Waals surface area contributed by atoms with Crippen LogP contribution >= 0.6 is 39.1 Å². The van der Waals surface area contributed by atoms with Gasteiger partial charge in [0.2, 0.25) is 0 Å². The number of nitrogens with one attached hydrogen (secondary N) is 2. The molecule has 0 bridgehead atoms. The van der Waals surface area contributed by atoms with Crippen molar-refractivity contribution < 1.29 is 38.1 Å². The van der Waals surface area contributed by atoms with Crippen LogP contribution in [0.15, 0.2) is 27.7 Å². The number of quaternary nitrogens is 1. The Labute approximate surface area is 171 Å². The van der Waals surface area contributed by atoms with Gasteiger partial charge in [-0.2, -0.15) is 0 Å². The first-order valence-corrected chi connectivity index (χ1v) is 11.3. The number of halogens is 4. The minimum absolute atomic E-state index is 0.0573. The Bertz CT molecular complexity index is 902. The standard InChI is InChI=1S/C11H8BrCl2IN4O5S/c1-24-11-10(17-9(8(12)16-11)15-19(20)21)18-25(22,23)6-4-2-3-5(13)7(6)14/h2-4,19H,1H3,(H,17,18)/q-2. The molecule has 0 fully saturated rings. The molecule has 0 aliphatic rings. The predicted octanol–water partition coefficient (Wildman–Crippen LogP) is -1.59. The SMILES string of the molecule is COc1nc(Br)c([I-][NH+]([O-])[O-])nc1NS(=O)(=O)c1cccc(Cl)c1Cl. The molecule has 0 aliphatic carbocycles. The van der Waals surface area contributed by atoms with E-state index in [9.17, 15) is 18.8 Å². The molecule has 0 saturated heterocycles. The number of rotatable bonds is 6. The predicted molar refractivity (Wildman–Crippen MR) is 89.9 cm³/mol. The van der Waals surface area contributed by atoms with Crippen molar-refractivity contribution in [1.82, 2.24) is 9.97 Å². The van der Waals surface area contributed by atoms with Gasteiger partial charge in [-0.05, 0) is 0 Å². The summed E-state index contributed by atoms with van der Waals surface area (Å²) in [5, 5.41) is 21.5.